The monoisotopic (exact) mass is 329 g/mol. The van der Waals surface area contributed by atoms with E-state index >= 15 is 0 Å². The number of benzene rings is 1. The molecule has 1 aromatic rings. The highest BCUT2D eigenvalue weighted by molar-refractivity contribution is 7.89. The molecular formula is C16H24ClNO2S. The van der Waals surface area contributed by atoms with Gasteiger partial charge in [0.1, 0.15) is 0 Å². The lowest BCUT2D eigenvalue weighted by Gasteiger charge is -2.30. The van der Waals surface area contributed by atoms with E-state index in [2.05, 4.69) is 0 Å². The van der Waals surface area contributed by atoms with E-state index in [0.29, 0.717) is 10.8 Å². The van der Waals surface area contributed by atoms with Crippen molar-refractivity contribution in [1.82, 2.24) is 4.31 Å². The minimum absolute atomic E-state index is 0.152. The molecule has 3 nitrogen and oxygen atoms in total. The lowest BCUT2D eigenvalue weighted by Crippen LogP contribution is -2.38. The van der Waals surface area contributed by atoms with E-state index in [4.69, 9.17) is 11.6 Å². The summed E-state index contributed by atoms with van der Waals surface area (Å²) in [5.41, 5.74) is 1.13. The van der Waals surface area contributed by atoms with E-state index in [-0.39, 0.29) is 6.04 Å². The van der Waals surface area contributed by atoms with E-state index in [9.17, 15) is 8.42 Å². The molecule has 5 heteroatoms. The summed E-state index contributed by atoms with van der Waals surface area (Å²) in [5.74, 6) is 0.629. The highest BCUT2D eigenvalue weighted by atomic mass is 35.5. The minimum Gasteiger partial charge on any atom is -0.207 e. The largest absolute Gasteiger partial charge is 0.243 e. The van der Waals surface area contributed by atoms with Gasteiger partial charge in [0.25, 0.3) is 0 Å². The molecule has 1 aliphatic rings. The maximum Gasteiger partial charge on any atom is 0.243 e. The van der Waals surface area contributed by atoms with Gasteiger partial charge in [-0.05, 0) is 43.4 Å². The van der Waals surface area contributed by atoms with Crippen LogP contribution in [0, 0.1) is 0 Å². The second-order valence-electron chi connectivity index (χ2n) is 5.75. The summed E-state index contributed by atoms with van der Waals surface area (Å²) in [6.07, 6.45) is 7.23. The summed E-state index contributed by atoms with van der Waals surface area (Å²) in [7, 11) is -1.65. The van der Waals surface area contributed by atoms with Crippen LogP contribution in [0.2, 0.25) is 0 Å². The summed E-state index contributed by atoms with van der Waals surface area (Å²) >= 11 is 5.68. The third-order valence-electron chi connectivity index (χ3n) is 4.29. The van der Waals surface area contributed by atoms with Crippen molar-refractivity contribution in [2.24, 2.45) is 0 Å². The zero-order valence-corrected chi connectivity index (χ0v) is 14.2. The zero-order chi connectivity index (χ0) is 15.3. The number of hydrogen-bond donors (Lipinski definition) is 0. The van der Waals surface area contributed by atoms with Crippen molar-refractivity contribution in [2.75, 3.05) is 12.9 Å². The molecule has 0 atom stereocenters. The third kappa shape index (κ3) is 4.21. The molecule has 0 unspecified atom stereocenters. The van der Waals surface area contributed by atoms with Crippen molar-refractivity contribution >= 4 is 21.6 Å². The Hall–Kier alpha value is -0.580. The van der Waals surface area contributed by atoms with Gasteiger partial charge in [-0.3, -0.25) is 0 Å². The van der Waals surface area contributed by atoms with Gasteiger partial charge in [0.2, 0.25) is 10.0 Å². The first kappa shape index (κ1) is 16.8. The Labute approximate surface area is 133 Å². The van der Waals surface area contributed by atoms with Crippen molar-refractivity contribution < 1.29 is 8.42 Å². The molecule has 21 heavy (non-hydrogen) atoms. The van der Waals surface area contributed by atoms with E-state index in [1.807, 2.05) is 12.1 Å². The fourth-order valence-corrected chi connectivity index (χ4v) is 4.46. The van der Waals surface area contributed by atoms with Gasteiger partial charge >= 0.3 is 0 Å². The Bertz CT molecular complexity index is 536. The molecule has 1 fully saturated rings. The highest BCUT2D eigenvalue weighted by Crippen LogP contribution is 2.26. The molecule has 0 bridgehead atoms. The van der Waals surface area contributed by atoms with Crippen LogP contribution in [0.3, 0.4) is 0 Å². The minimum atomic E-state index is -3.37. The van der Waals surface area contributed by atoms with Crippen molar-refractivity contribution in [3.05, 3.63) is 29.8 Å². The first-order valence-corrected chi connectivity index (χ1v) is 9.66. The summed E-state index contributed by atoms with van der Waals surface area (Å²) in [4.78, 5) is 0.394. The molecule has 0 heterocycles. The summed E-state index contributed by atoms with van der Waals surface area (Å²) in [5, 5.41) is 0. The van der Waals surface area contributed by atoms with Crippen molar-refractivity contribution in [3.8, 4) is 0 Å². The maximum absolute atomic E-state index is 12.7. The topological polar surface area (TPSA) is 37.4 Å². The van der Waals surface area contributed by atoms with Gasteiger partial charge in [0.05, 0.1) is 4.90 Å². The van der Waals surface area contributed by atoms with Gasteiger partial charge in [0, 0.05) is 19.0 Å². The fourth-order valence-electron chi connectivity index (χ4n) is 2.91. The molecule has 0 aliphatic heterocycles. The van der Waals surface area contributed by atoms with Crippen LogP contribution in [0.15, 0.2) is 29.2 Å². The maximum atomic E-state index is 12.7. The van der Waals surface area contributed by atoms with E-state index < -0.39 is 10.0 Å². The first-order valence-electron chi connectivity index (χ1n) is 7.68. The quantitative estimate of drug-likeness (QED) is 0.744. The molecule has 0 radical (unpaired) electrons. The second kappa shape index (κ2) is 7.61. The number of aryl methyl sites for hydroxylation is 1. The van der Waals surface area contributed by atoms with Gasteiger partial charge in [-0.2, -0.15) is 4.31 Å². The van der Waals surface area contributed by atoms with Crippen molar-refractivity contribution in [2.45, 2.75) is 55.9 Å². The van der Waals surface area contributed by atoms with Crippen LogP contribution in [0.4, 0.5) is 0 Å². The average Bonchev–Trinajstić information content (AvgIpc) is 2.53. The van der Waals surface area contributed by atoms with Gasteiger partial charge in [-0.1, -0.05) is 31.4 Å². The molecule has 1 saturated carbocycles. The Morgan fingerprint density at radius 2 is 1.76 bits per heavy atom. The van der Waals surface area contributed by atoms with Crippen LogP contribution < -0.4 is 0 Å². The summed E-state index contributed by atoms with van der Waals surface area (Å²) in [6.45, 7) is 0. The van der Waals surface area contributed by atoms with Crippen LogP contribution in [0.25, 0.3) is 0 Å². The van der Waals surface area contributed by atoms with Gasteiger partial charge < -0.3 is 0 Å². The molecule has 0 saturated heterocycles. The number of nitrogens with zero attached hydrogens (tertiary/aromatic N) is 1. The lowest BCUT2D eigenvalue weighted by atomic mass is 9.96. The molecule has 0 N–H and O–H groups in total. The molecule has 2 rings (SSSR count). The Kier molecular flexibility index (Phi) is 6.08. The Balaban J connectivity index is 2.10. The third-order valence-corrected chi connectivity index (χ3v) is 6.48. The molecule has 0 aromatic heterocycles. The molecule has 118 valence electrons. The number of hydrogen-bond acceptors (Lipinski definition) is 2. The molecule has 0 amide bonds. The Morgan fingerprint density at radius 3 is 2.33 bits per heavy atom. The molecule has 0 spiro atoms. The van der Waals surface area contributed by atoms with Crippen molar-refractivity contribution in [1.29, 1.82) is 0 Å². The van der Waals surface area contributed by atoms with Crippen LogP contribution in [0.5, 0.6) is 0 Å². The van der Waals surface area contributed by atoms with Gasteiger partial charge in [-0.15, -0.1) is 11.6 Å². The van der Waals surface area contributed by atoms with E-state index in [1.165, 1.54) is 6.42 Å². The number of rotatable bonds is 6. The van der Waals surface area contributed by atoms with Crippen LogP contribution in [-0.2, 0) is 16.4 Å². The van der Waals surface area contributed by atoms with E-state index in [1.54, 1.807) is 23.5 Å². The Morgan fingerprint density at radius 1 is 1.14 bits per heavy atom. The molecule has 1 aliphatic carbocycles. The SMILES string of the molecule is CN(C1CCCCC1)S(=O)(=O)c1ccc(CCCCl)cc1. The molecule has 1 aromatic carbocycles. The van der Waals surface area contributed by atoms with Crippen LogP contribution >= 0.6 is 11.6 Å². The van der Waals surface area contributed by atoms with Gasteiger partial charge in [-0.25, -0.2) is 8.42 Å². The smallest absolute Gasteiger partial charge is 0.207 e. The normalized spacial score (nSPS) is 17.3. The predicted molar refractivity (Wildman–Crippen MR) is 87.3 cm³/mol. The zero-order valence-electron chi connectivity index (χ0n) is 12.6. The molecular weight excluding hydrogens is 306 g/mol. The van der Waals surface area contributed by atoms with Crippen LogP contribution in [0.1, 0.15) is 44.1 Å². The highest BCUT2D eigenvalue weighted by Gasteiger charge is 2.28. The fraction of sp³-hybridized carbons (Fsp3) is 0.625. The van der Waals surface area contributed by atoms with Gasteiger partial charge in [0.15, 0.2) is 0 Å². The number of sulfonamides is 1. The standard InChI is InChI=1S/C16H24ClNO2S/c1-18(15-7-3-2-4-8-15)21(19,20)16-11-9-14(10-12-16)6-5-13-17/h9-12,15H,2-8,13H2,1H3. The second-order valence-corrected chi connectivity index (χ2v) is 8.13. The number of alkyl halides is 1. The summed E-state index contributed by atoms with van der Waals surface area (Å²) in [6, 6.07) is 7.39. The number of halogens is 1. The average molecular weight is 330 g/mol. The predicted octanol–water partition coefficient (Wildman–Crippen LogP) is 3.81. The van der Waals surface area contributed by atoms with Crippen molar-refractivity contribution in [3.63, 3.8) is 0 Å². The van der Waals surface area contributed by atoms with E-state index in [0.717, 1.165) is 44.1 Å². The van der Waals surface area contributed by atoms with Crippen LogP contribution in [-0.4, -0.2) is 31.7 Å². The summed E-state index contributed by atoms with van der Waals surface area (Å²) < 4.78 is 26.9. The lowest BCUT2D eigenvalue weighted by molar-refractivity contribution is 0.286. The first-order chi connectivity index (χ1) is 10.1.